The number of hydrogen-bond acceptors (Lipinski definition) is 4. The van der Waals surface area contributed by atoms with E-state index in [2.05, 4.69) is 6.58 Å². The summed E-state index contributed by atoms with van der Waals surface area (Å²) in [6.45, 7) is 3.49. The largest absolute Gasteiger partial charge is 0.274 e. The lowest BCUT2D eigenvalue weighted by molar-refractivity contribution is -0.385. The first kappa shape index (κ1) is 12.4. The second kappa shape index (κ2) is 4.44. The van der Waals surface area contributed by atoms with Crippen molar-refractivity contribution >= 4 is 15.5 Å². The quantitative estimate of drug-likeness (QED) is 0.457. The van der Waals surface area contributed by atoms with Gasteiger partial charge in [-0.25, -0.2) is 8.42 Å². The van der Waals surface area contributed by atoms with Gasteiger partial charge < -0.3 is 0 Å². The number of nitrogens with zero attached hydrogens (tertiary/aromatic N) is 1. The smallest absolute Gasteiger partial charge is 0.258 e. The normalized spacial score (nSPS) is 11.1. The van der Waals surface area contributed by atoms with E-state index in [0.717, 1.165) is 12.3 Å². The van der Waals surface area contributed by atoms with Crippen molar-refractivity contribution in [2.24, 2.45) is 0 Å². The maximum absolute atomic E-state index is 11.2. The molecule has 0 aliphatic heterocycles. The Balaban J connectivity index is 3.39. The van der Waals surface area contributed by atoms with Gasteiger partial charge in [-0.2, -0.15) is 0 Å². The van der Waals surface area contributed by atoms with Gasteiger partial charge in [-0.15, -0.1) is 6.58 Å². The highest BCUT2D eigenvalue weighted by atomic mass is 32.2. The van der Waals surface area contributed by atoms with Crippen molar-refractivity contribution in [3.8, 4) is 0 Å². The fourth-order valence-electron chi connectivity index (χ4n) is 1.27. The first-order chi connectivity index (χ1) is 7.36. The molecular weight excluding hydrogens is 230 g/mol. The number of nitro benzene ring substituents is 1. The molecule has 0 aliphatic rings. The first-order valence-electron chi connectivity index (χ1n) is 4.44. The van der Waals surface area contributed by atoms with Crippen LogP contribution in [0.1, 0.15) is 5.56 Å². The molecule has 16 heavy (non-hydrogen) atoms. The monoisotopic (exact) mass is 241 g/mol. The number of nitro groups is 1. The Labute approximate surface area is 93.5 Å². The van der Waals surface area contributed by atoms with Crippen molar-refractivity contribution in [3.05, 3.63) is 46.5 Å². The van der Waals surface area contributed by atoms with E-state index in [1.54, 1.807) is 0 Å². The predicted molar refractivity (Wildman–Crippen MR) is 60.1 cm³/mol. The maximum Gasteiger partial charge on any atom is 0.274 e. The summed E-state index contributed by atoms with van der Waals surface area (Å²) < 4.78 is 22.5. The first-order valence-corrected chi connectivity index (χ1v) is 6.33. The van der Waals surface area contributed by atoms with Crippen molar-refractivity contribution in [2.45, 2.75) is 11.3 Å². The zero-order chi connectivity index (χ0) is 12.3. The molecule has 0 aromatic heterocycles. The molecule has 0 atom stereocenters. The summed E-state index contributed by atoms with van der Waals surface area (Å²) in [6, 6.07) is 3.88. The lowest BCUT2D eigenvalue weighted by Crippen LogP contribution is -2.01. The Morgan fingerprint density at radius 2 is 2.12 bits per heavy atom. The molecule has 0 spiro atoms. The van der Waals surface area contributed by atoms with Gasteiger partial charge in [0.05, 0.1) is 9.82 Å². The minimum Gasteiger partial charge on any atom is -0.258 e. The second-order valence-electron chi connectivity index (χ2n) is 3.31. The van der Waals surface area contributed by atoms with Crippen LogP contribution in [0.15, 0.2) is 35.7 Å². The summed E-state index contributed by atoms with van der Waals surface area (Å²) >= 11 is 0. The van der Waals surface area contributed by atoms with Gasteiger partial charge in [-0.1, -0.05) is 12.1 Å². The van der Waals surface area contributed by atoms with Crippen LogP contribution in [-0.4, -0.2) is 19.6 Å². The molecule has 5 nitrogen and oxygen atoms in total. The molecule has 0 fully saturated rings. The Kier molecular flexibility index (Phi) is 3.44. The molecule has 1 rings (SSSR count). The Morgan fingerprint density at radius 3 is 2.56 bits per heavy atom. The summed E-state index contributed by atoms with van der Waals surface area (Å²) in [5.74, 6) is 0. The highest BCUT2D eigenvalue weighted by Crippen LogP contribution is 2.23. The average molecular weight is 241 g/mol. The van der Waals surface area contributed by atoms with Crippen LogP contribution in [0.5, 0.6) is 0 Å². The summed E-state index contributed by atoms with van der Waals surface area (Å²) in [4.78, 5) is 10.1. The van der Waals surface area contributed by atoms with E-state index in [1.165, 1.54) is 18.2 Å². The topological polar surface area (TPSA) is 77.3 Å². The molecule has 0 amide bonds. The van der Waals surface area contributed by atoms with Crippen LogP contribution in [0.3, 0.4) is 0 Å². The van der Waals surface area contributed by atoms with Crippen molar-refractivity contribution in [2.75, 3.05) is 6.26 Å². The Hall–Kier alpha value is -1.69. The SMILES string of the molecule is C=CCc1ccc(S(C)(=O)=O)cc1[N+](=O)[O-]. The van der Waals surface area contributed by atoms with E-state index in [4.69, 9.17) is 0 Å². The van der Waals surface area contributed by atoms with Crippen LogP contribution in [0.4, 0.5) is 5.69 Å². The van der Waals surface area contributed by atoms with E-state index in [9.17, 15) is 18.5 Å². The molecule has 86 valence electrons. The molecule has 0 saturated heterocycles. The summed E-state index contributed by atoms with van der Waals surface area (Å²) in [5, 5.41) is 10.8. The third kappa shape index (κ3) is 2.66. The van der Waals surface area contributed by atoms with E-state index in [1.807, 2.05) is 0 Å². The molecule has 1 aromatic carbocycles. The van der Waals surface area contributed by atoms with Gasteiger partial charge in [0.15, 0.2) is 9.84 Å². The average Bonchev–Trinajstić information content (AvgIpc) is 2.16. The van der Waals surface area contributed by atoms with E-state index in [-0.39, 0.29) is 10.6 Å². The predicted octanol–water partition coefficient (Wildman–Crippen LogP) is 1.73. The fraction of sp³-hybridized carbons (Fsp3) is 0.200. The molecule has 0 radical (unpaired) electrons. The Bertz CT molecular complexity index is 534. The van der Waals surface area contributed by atoms with Gasteiger partial charge in [-0.05, 0) is 12.5 Å². The molecule has 0 aliphatic carbocycles. The third-order valence-electron chi connectivity index (χ3n) is 2.05. The molecule has 1 aromatic rings. The minimum absolute atomic E-state index is 0.0491. The fourth-order valence-corrected chi connectivity index (χ4v) is 1.91. The van der Waals surface area contributed by atoms with E-state index < -0.39 is 14.8 Å². The molecule has 6 heteroatoms. The van der Waals surface area contributed by atoms with Gasteiger partial charge in [0.2, 0.25) is 0 Å². The molecule has 0 unspecified atom stereocenters. The van der Waals surface area contributed by atoms with Gasteiger partial charge in [-0.3, -0.25) is 10.1 Å². The number of rotatable bonds is 4. The second-order valence-corrected chi connectivity index (χ2v) is 5.33. The molecule has 0 heterocycles. The van der Waals surface area contributed by atoms with Crippen LogP contribution in [0.2, 0.25) is 0 Å². The van der Waals surface area contributed by atoms with Crippen LogP contribution in [0.25, 0.3) is 0 Å². The van der Waals surface area contributed by atoms with Crippen molar-refractivity contribution in [1.29, 1.82) is 0 Å². The van der Waals surface area contributed by atoms with Crippen molar-refractivity contribution in [1.82, 2.24) is 0 Å². The zero-order valence-corrected chi connectivity index (χ0v) is 9.53. The van der Waals surface area contributed by atoms with Gasteiger partial charge in [0.25, 0.3) is 5.69 Å². The standard InChI is InChI=1S/C10H11NO4S/c1-3-4-8-5-6-9(16(2,14)15)7-10(8)11(12)13/h3,5-7H,1,4H2,2H3. The maximum atomic E-state index is 11.2. The summed E-state index contributed by atoms with van der Waals surface area (Å²) in [5.41, 5.74) is 0.259. The number of benzene rings is 1. The Morgan fingerprint density at radius 1 is 1.50 bits per heavy atom. The van der Waals surface area contributed by atoms with Crippen molar-refractivity contribution in [3.63, 3.8) is 0 Å². The van der Waals surface area contributed by atoms with Gasteiger partial charge >= 0.3 is 0 Å². The summed E-state index contributed by atoms with van der Waals surface area (Å²) in [7, 11) is -3.42. The number of sulfone groups is 1. The molecule has 0 N–H and O–H groups in total. The van der Waals surface area contributed by atoms with Gasteiger partial charge in [0.1, 0.15) is 0 Å². The highest BCUT2D eigenvalue weighted by Gasteiger charge is 2.17. The molecule has 0 saturated carbocycles. The zero-order valence-electron chi connectivity index (χ0n) is 8.71. The van der Waals surface area contributed by atoms with E-state index in [0.29, 0.717) is 12.0 Å². The van der Waals surface area contributed by atoms with Crippen LogP contribution < -0.4 is 0 Å². The molecular formula is C10H11NO4S. The van der Waals surface area contributed by atoms with E-state index >= 15 is 0 Å². The van der Waals surface area contributed by atoms with Crippen molar-refractivity contribution < 1.29 is 13.3 Å². The lowest BCUT2D eigenvalue weighted by Gasteiger charge is -2.02. The van der Waals surface area contributed by atoms with Crippen LogP contribution in [0, 0.1) is 10.1 Å². The van der Waals surface area contributed by atoms with Crippen LogP contribution in [-0.2, 0) is 16.3 Å². The summed E-state index contributed by atoms with van der Waals surface area (Å²) in [6.07, 6.45) is 2.88. The number of allylic oxidation sites excluding steroid dienone is 1. The number of hydrogen-bond donors (Lipinski definition) is 0. The van der Waals surface area contributed by atoms with Gasteiger partial charge in [0, 0.05) is 17.9 Å². The minimum atomic E-state index is -3.42. The highest BCUT2D eigenvalue weighted by molar-refractivity contribution is 7.90. The lowest BCUT2D eigenvalue weighted by atomic mass is 10.1. The third-order valence-corrected chi connectivity index (χ3v) is 3.16. The molecule has 0 bridgehead atoms. The van der Waals surface area contributed by atoms with Crippen LogP contribution >= 0.6 is 0 Å².